The summed E-state index contributed by atoms with van der Waals surface area (Å²) in [5, 5.41) is 9.08. The molecule has 0 N–H and O–H groups in total. The average Bonchev–Trinajstić information content (AvgIpc) is 2.54. The molecule has 118 valence electrons. The minimum absolute atomic E-state index is 0.00183. The predicted octanol–water partition coefficient (Wildman–Crippen LogP) is 3.29. The molecular formula is C17H15NO4S. The highest BCUT2D eigenvalue weighted by molar-refractivity contribution is 7.87. The van der Waals surface area contributed by atoms with E-state index in [1.165, 1.54) is 37.5 Å². The maximum atomic E-state index is 12.4. The average molecular weight is 329 g/mol. The zero-order valence-electron chi connectivity index (χ0n) is 12.7. The first-order chi connectivity index (χ1) is 10.9. The van der Waals surface area contributed by atoms with Gasteiger partial charge in [0.15, 0.2) is 11.5 Å². The quantitative estimate of drug-likeness (QED) is 0.787. The van der Waals surface area contributed by atoms with Gasteiger partial charge in [-0.1, -0.05) is 30.4 Å². The van der Waals surface area contributed by atoms with Gasteiger partial charge >= 0.3 is 10.1 Å². The molecule has 0 radical (unpaired) electrons. The number of nitriles is 1. The number of hydrogen-bond donors (Lipinski definition) is 0. The maximum absolute atomic E-state index is 12.4. The first-order valence-corrected chi connectivity index (χ1v) is 8.08. The minimum Gasteiger partial charge on any atom is -0.493 e. The summed E-state index contributed by atoms with van der Waals surface area (Å²) in [6.45, 7) is 5.46. The summed E-state index contributed by atoms with van der Waals surface area (Å²) in [4.78, 5) is 0.0367. The van der Waals surface area contributed by atoms with E-state index in [2.05, 4.69) is 6.58 Å². The Hall–Kier alpha value is -2.78. The van der Waals surface area contributed by atoms with Crippen molar-refractivity contribution >= 4 is 16.2 Å². The summed E-state index contributed by atoms with van der Waals surface area (Å²) in [6, 6.07) is 11.1. The molecule has 0 bridgehead atoms. The Morgan fingerprint density at radius 2 is 1.83 bits per heavy atom. The van der Waals surface area contributed by atoms with Crippen LogP contribution in [0.1, 0.15) is 16.7 Å². The fourth-order valence-corrected chi connectivity index (χ4v) is 2.87. The molecule has 2 aromatic rings. The lowest BCUT2D eigenvalue weighted by atomic mass is 10.1. The van der Waals surface area contributed by atoms with E-state index in [-0.39, 0.29) is 16.4 Å². The van der Waals surface area contributed by atoms with Crippen LogP contribution in [0, 0.1) is 18.3 Å². The Kier molecular flexibility index (Phi) is 4.72. The molecule has 0 spiro atoms. The second-order valence-corrected chi connectivity index (χ2v) is 6.30. The van der Waals surface area contributed by atoms with E-state index < -0.39 is 10.1 Å². The van der Waals surface area contributed by atoms with E-state index >= 15 is 0 Å². The van der Waals surface area contributed by atoms with E-state index in [0.717, 1.165) is 5.56 Å². The molecule has 0 aliphatic carbocycles. The number of aryl methyl sites for hydroxylation is 1. The Balaban J connectivity index is 2.48. The van der Waals surface area contributed by atoms with Crippen molar-refractivity contribution < 1.29 is 17.3 Å². The van der Waals surface area contributed by atoms with Gasteiger partial charge in [-0.15, -0.1) is 0 Å². The van der Waals surface area contributed by atoms with Crippen LogP contribution in [-0.2, 0) is 10.1 Å². The highest BCUT2D eigenvalue weighted by atomic mass is 32.2. The van der Waals surface area contributed by atoms with Gasteiger partial charge in [0, 0.05) is 6.07 Å². The van der Waals surface area contributed by atoms with E-state index in [1.807, 2.05) is 13.0 Å². The van der Waals surface area contributed by atoms with Crippen molar-refractivity contribution in [1.82, 2.24) is 0 Å². The van der Waals surface area contributed by atoms with Crippen LogP contribution < -0.4 is 8.92 Å². The predicted molar refractivity (Wildman–Crippen MR) is 86.8 cm³/mol. The lowest BCUT2D eigenvalue weighted by Gasteiger charge is -2.12. The molecule has 6 heteroatoms. The molecule has 0 unspecified atom stereocenters. The van der Waals surface area contributed by atoms with Gasteiger partial charge in [-0.25, -0.2) is 0 Å². The van der Waals surface area contributed by atoms with Crippen molar-refractivity contribution in [3.8, 4) is 17.6 Å². The highest BCUT2D eigenvalue weighted by Gasteiger charge is 2.20. The molecular weight excluding hydrogens is 314 g/mol. The summed E-state index contributed by atoms with van der Waals surface area (Å²) < 4.78 is 35.0. The van der Waals surface area contributed by atoms with Crippen molar-refractivity contribution in [2.75, 3.05) is 7.11 Å². The zero-order chi connectivity index (χ0) is 17.0. The molecule has 0 saturated carbocycles. The molecule has 23 heavy (non-hydrogen) atoms. The van der Waals surface area contributed by atoms with Crippen LogP contribution in [0.2, 0.25) is 0 Å². The van der Waals surface area contributed by atoms with Crippen molar-refractivity contribution in [3.05, 3.63) is 59.7 Å². The van der Waals surface area contributed by atoms with Gasteiger partial charge in [0.05, 0.1) is 18.7 Å². The fraction of sp³-hybridized carbons (Fsp3) is 0.118. The van der Waals surface area contributed by atoms with Crippen LogP contribution in [0.4, 0.5) is 0 Å². The molecule has 0 amide bonds. The lowest BCUT2D eigenvalue weighted by molar-refractivity contribution is 0.390. The minimum atomic E-state index is -4.00. The monoisotopic (exact) mass is 329 g/mol. The number of rotatable bonds is 5. The summed E-state index contributed by atoms with van der Waals surface area (Å²) in [5.41, 5.74) is 1.72. The Bertz CT molecular complexity index is 878. The summed E-state index contributed by atoms with van der Waals surface area (Å²) in [5.74, 6) is 0.157. The summed E-state index contributed by atoms with van der Waals surface area (Å²) >= 11 is 0. The van der Waals surface area contributed by atoms with Crippen LogP contribution in [0.15, 0.2) is 47.9 Å². The van der Waals surface area contributed by atoms with E-state index in [4.69, 9.17) is 14.2 Å². The van der Waals surface area contributed by atoms with Gasteiger partial charge in [0.25, 0.3) is 0 Å². The standard InChI is InChI=1S/C17H15NO4S/c1-4-13-9-17(16(21-3)10-14(13)11-18)22-23(19,20)15-7-5-12(2)6-8-15/h4-10H,1H2,2-3H3. The van der Waals surface area contributed by atoms with Crippen LogP contribution in [-0.4, -0.2) is 15.5 Å². The smallest absolute Gasteiger partial charge is 0.339 e. The number of nitrogens with zero attached hydrogens (tertiary/aromatic N) is 1. The van der Waals surface area contributed by atoms with Gasteiger partial charge in [-0.2, -0.15) is 13.7 Å². The summed E-state index contributed by atoms with van der Waals surface area (Å²) in [6.07, 6.45) is 1.45. The third kappa shape index (κ3) is 3.52. The first-order valence-electron chi connectivity index (χ1n) is 6.67. The summed E-state index contributed by atoms with van der Waals surface area (Å²) in [7, 11) is -2.63. The maximum Gasteiger partial charge on any atom is 0.339 e. The van der Waals surface area contributed by atoms with Crippen molar-refractivity contribution in [2.45, 2.75) is 11.8 Å². The van der Waals surface area contributed by atoms with Crippen LogP contribution in [0.3, 0.4) is 0 Å². The Labute approximate surface area is 135 Å². The second-order valence-electron chi connectivity index (χ2n) is 4.76. The van der Waals surface area contributed by atoms with Crippen molar-refractivity contribution in [2.24, 2.45) is 0 Å². The molecule has 0 aromatic heterocycles. The third-order valence-corrected chi connectivity index (χ3v) is 4.43. The fourth-order valence-electron chi connectivity index (χ4n) is 1.94. The van der Waals surface area contributed by atoms with Gasteiger partial charge in [-0.05, 0) is 30.7 Å². The van der Waals surface area contributed by atoms with E-state index in [0.29, 0.717) is 11.1 Å². The molecule has 2 rings (SSSR count). The van der Waals surface area contributed by atoms with Crippen LogP contribution in [0.5, 0.6) is 11.5 Å². The van der Waals surface area contributed by atoms with Crippen LogP contribution >= 0.6 is 0 Å². The highest BCUT2D eigenvalue weighted by Crippen LogP contribution is 2.33. The third-order valence-electron chi connectivity index (χ3n) is 3.19. The first kappa shape index (κ1) is 16.6. The van der Waals surface area contributed by atoms with Gasteiger partial charge in [0.2, 0.25) is 0 Å². The van der Waals surface area contributed by atoms with Gasteiger partial charge in [0.1, 0.15) is 4.90 Å². The molecule has 0 heterocycles. The molecule has 0 saturated heterocycles. The number of ether oxygens (including phenoxy) is 1. The molecule has 2 aromatic carbocycles. The molecule has 5 nitrogen and oxygen atoms in total. The lowest BCUT2D eigenvalue weighted by Crippen LogP contribution is -2.10. The molecule has 0 aliphatic heterocycles. The molecule has 0 aliphatic rings. The number of hydrogen-bond acceptors (Lipinski definition) is 5. The molecule has 0 fully saturated rings. The SMILES string of the molecule is C=Cc1cc(OS(=O)(=O)c2ccc(C)cc2)c(OC)cc1C#N. The zero-order valence-corrected chi connectivity index (χ0v) is 13.6. The van der Waals surface area contributed by atoms with Gasteiger partial charge < -0.3 is 8.92 Å². The number of benzene rings is 2. The number of methoxy groups -OCH3 is 1. The Morgan fingerprint density at radius 3 is 2.35 bits per heavy atom. The second kappa shape index (κ2) is 6.55. The van der Waals surface area contributed by atoms with E-state index in [1.54, 1.807) is 12.1 Å². The largest absolute Gasteiger partial charge is 0.493 e. The Morgan fingerprint density at radius 1 is 1.17 bits per heavy atom. The van der Waals surface area contributed by atoms with Crippen molar-refractivity contribution in [3.63, 3.8) is 0 Å². The van der Waals surface area contributed by atoms with Crippen molar-refractivity contribution in [1.29, 1.82) is 5.26 Å². The van der Waals surface area contributed by atoms with E-state index in [9.17, 15) is 8.42 Å². The van der Waals surface area contributed by atoms with Crippen LogP contribution in [0.25, 0.3) is 6.08 Å². The topological polar surface area (TPSA) is 76.4 Å². The van der Waals surface area contributed by atoms with Gasteiger partial charge in [-0.3, -0.25) is 0 Å². The normalized spacial score (nSPS) is 10.7. The molecule has 0 atom stereocenters.